The number of nitrogens with zero attached hydrogens (tertiary/aromatic N) is 2. The number of sulfone groups is 1. The Morgan fingerprint density at radius 1 is 1.50 bits per heavy atom. The first-order valence-electron chi connectivity index (χ1n) is 5.15. The molecule has 1 aromatic rings. The smallest absolute Gasteiger partial charge is 0.152 e. The zero-order valence-corrected chi connectivity index (χ0v) is 10.8. The van der Waals surface area contributed by atoms with E-state index < -0.39 is 15.4 Å². The van der Waals surface area contributed by atoms with Gasteiger partial charge in [0.05, 0.1) is 17.7 Å². The molecule has 2 N–H and O–H groups in total. The van der Waals surface area contributed by atoms with Crippen LogP contribution in [0.15, 0.2) is 12.4 Å². The van der Waals surface area contributed by atoms with Gasteiger partial charge in [-0.15, -0.1) is 0 Å². The molecule has 0 aliphatic rings. The molecule has 1 heterocycles. The van der Waals surface area contributed by atoms with Gasteiger partial charge in [-0.05, 0) is 25.8 Å². The minimum atomic E-state index is -3.09. The summed E-state index contributed by atoms with van der Waals surface area (Å²) in [6.45, 7) is 3.43. The van der Waals surface area contributed by atoms with E-state index in [0.717, 1.165) is 5.56 Å². The van der Waals surface area contributed by atoms with Crippen LogP contribution in [0.25, 0.3) is 0 Å². The minimum absolute atomic E-state index is 0.0141. The topological polar surface area (TPSA) is 78.0 Å². The van der Waals surface area contributed by atoms with E-state index >= 15 is 0 Å². The van der Waals surface area contributed by atoms with Gasteiger partial charge in [0.15, 0.2) is 9.84 Å². The molecular weight excluding hydrogens is 226 g/mol. The lowest BCUT2D eigenvalue weighted by atomic mass is 10.1. The molecule has 0 fully saturated rings. The van der Waals surface area contributed by atoms with Crippen LogP contribution in [0, 0.1) is 0 Å². The molecule has 0 spiro atoms. The van der Waals surface area contributed by atoms with Crippen molar-refractivity contribution < 1.29 is 8.42 Å². The Morgan fingerprint density at radius 3 is 2.56 bits per heavy atom. The van der Waals surface area contributed by atoms with Crippen molar-refractivity contribution in [3.05, 3.63) is 18.0 Å². The van der Waals surface area contributed by atoms with Crippen LogP contribution in [0.4, 0.5) is 0 Å². The van der Waals surface area contributed by atoms with Gasteiger partial charge in [-0.3, -0.25) is 4.68 Å². The zero-order valence-electron chi connectivity index (χ0n) is 9.97. The molecular formula is C10H19N3O2S. The second kappa shape index (κ2) is 4.55. The molecule has 6 heteroatoms. The summed E-state index contributed by atoms with van der Waals surface area (Å²) in [6.07, 6.45) is 4.00. The van der Waals surface area contributed by atoms with Crippen molar-refractivity contribution in [3.8, 4) is 0 Å². The number of hydrogen-bond donors (Lipinski definition) is 1. The Hall–Kier alpha value is -0.880. The summed E-state index contributed by atoms with van der Waals surface area (Å²) in [6, 6.07) is 0. The van der Waals surface area contributed by atoms with Gasteiger partial charge in [0.2, 0.25) is 0 Å². The molecule has 0 amide bonds. The van der Waals surface area contributed by atoms with Crippen molar-refractivity contribution in [3.63, 3.8) is 0 Å². The highest BCUT2D eigenvalue weighted by Crippen LogP contribution is 2.06. The molecule has 1 aromatic heterocycles. The molecule has 0 bridgehead atoms. The normalized spacial score (nSPS) is 13.0. The first kappa shape index (κ1) is 13.2. The molecule has 1 rings (SSSR count). The summed E-state index contributed by atoms with van der Waals surface area (Å²) < 4.78 is 25.1. The van der Waals surface area contributed by atoms with Crippen molar-refractivity contribution in [2.24, 2.45) is 12.8 Å². The van der Waals surface area contributed by atoms with Gasteiger partial charge in [0.25, 0.3) is 0 Å². The van der Waals surface area contributed by atoms with Crippen LogP contribution in [0.5, 0.6) is 0 Å². The molecule has 92 valence electrons. The molecule has 0 aliphatic carbocycles. The molecule has 0 radical (unpaired) electrons. The molecule has 16 heavy (non-hydrogen) atoms. The third-order valence-corrected chi connectivity index (χ3v) is 4.06. The quantitative estimate of drug-likeness (QED) is 0.799. The monoisotopic (exact) mass is 245 g/mol. The highest BCUT2D eigenvalue weighted by molar-refractivity contribution is 7.91. The Labute approximate surface area is 96.6 Å². The van der Waals surface area contributed by atoms with Crippen molar-refractivity contribution in [2.45, 2.75) is 25.8 Å². The number of rotatable bonds is 5. The first-order valence-corrected chi connectivity index (χ1v) is 6.97. The van der Waals surface area contributed by atoms with E-state index in [1.807, 2.05) is 6.20 Å². The van der Waals surface area contributed by atoms with E-state index in [1.165, 1.54) is 0 Å². The summed E-state index contributed by atoms with van der Waals surface area (Å²) in [7, 11) is -1.28. The van der Waals surface area contributed by atoms with Gasteiger partial charge >= 0.3 is 0 Å². The highest BCUT2D eigenvalue weighted by atomic mass is 32.2. The molecule has 0 aliphatic heterocycles. The van der Waals surface area contributed by atoms with Gasteiger partial charge < -0.3 is 5.73 Å². The Bertz CT molecular complexity index is 443. The van der Waals surface area contributed by atoms with E-state index in [-0.39, 0.29) is 11.5 Å². The van der Waals surface area contributed by atoms with Crippen LogP contribution in [0.1, 0.15) is 19.4 Å². The van der Waals surface area contributed by atoms with E-state index in [1.54, 1.807) is 31.8 Å². The van der Waals surface area contributed by atoms with Gasteiger partial charge in [-0.25, -0.2) is 8.42 Å². The van der Waals surface area contributed by atoms with E-state index in [4.69, 9.17) is 5.73 Å². The predicted molar refractivity (Wildman–Crippen MR) is 63.8 cm³/mol. The maximum Gasteiger partial charge on any atom is 0.152 e. The third kappa shape index (κ3) is 4.76. The van der Waals surface area contributed by atoms with Gasteiger partial charge in [-0.2, -0.15) is 5.10 Å². The van der Waals surface area contributed by atoms with E-state index in [9.17, 15) is 8.42 Å². The predicted octanol–water partition coefficient (Wildman–Crippen LogP) is 0.115. The van der Waals surface area contributed by atoms with Crippen molar-refractivity contribution >= 4 is 9.84 Å². The van der Waals surface area contributed by atoms with E-state index in [0.29, 0.717) is 6.42 Å². The number of aromatic nitrogens is 2. The summed E-state index contributed by atoms with van der Waals surface area (Å²) in [5.41, 5.74) is 5.96. The third-order valence-electron chi connectivity index (χ3n) is 2.05. The fourth-order valence-electron chi connectivity index (χ4n) is 1.51. The van der Waals surface area contributed by atoms with Crippen LogP contribution in [0.2, 0.25) is 0 Å². The lowest BCUT2D eigenvalue weighted by Gasteiger charge is -2.17. The van der Waals surface area contributed by atoms with Crippen molar-refractivity contribution in [1.82, 2.24) is 9.78 Å². The molecule has 0 saturated heterocycles. The largest absolute Gasteiger partial charge is 0.325 e. The molecule has 0 atom stereocenters. The second-order valence-electron chi connectivity index (χ2n) is 4.85. The summed E-state index contributed by atoms with van der Waals surface area (Å²) in [4.78, 5) is 0. The van der Waals surface area contributed by atoms with Crippen LogP contribution in [-0.4, -0.2) is 35.2 Å². The minimum Gasteiger partial charge on any atom is -0.325 e. The average Bonchev–Trinajstić information content (AvgIpc) is 2.44. The standard InChI is InChI=1S/C10H19N3O2S/c1-10(2,11)8-16(14,15)5-4-9-6-12-13(3)7-9/h6-7H,4-5,8,11H2,1-3H3. The molecule has 0 unspecified atom stereocenters. The number of nitrogens with two attached hydrogens (primary N) is 1. The zero-order chi connectivity index (χ0) is 12.4. The fraction of sp³-hybridized carbons (Fsp3) is 0.700. The Balaban J connectivity index is 2.55. The van der Waals surface area contributed by atoms with Crippen molar-refractivity contribution in [1.29, 1.82) is 0 Å². The Morgan fingerprint density at radius 2 is 2.12 bits per heavy atom. The molecule has 0 aromatic carbocycles. The summed E-state index contributed by atoms with van der Waals surface area (Å²) >= 11 is 0. The number of aryl methyl sites for hydroxylation is 2. The maximum absolute atomic E-state index is 11.7. The lowest BCUT2D eigenvalue weighted by molar-refractivity contribution is 0.544. The summed E-state index contributed by atoms with van der Waals surface area (Å²) in [5.74, 6) is 0.138. The van der Waals surface area contributed by atoms with Crippen LogP contribution in [-0.2, 0) is 23.3 Å². The average molecular weight is 245 g/mol. The molecule has 0 saturated carbocycles. The van der Waals surface area contributed by atoms with Crippen LogP contribution in [0.3, 0.4) is 0 Å². The number of hydrogen-bond acceptors (Lipinski definition) is 4. The second-order valence-corrected chi connectivity index (χ2v) is 7.04. The van der Waals surface area contributed by atoms with Gasteiger partial charge in [0, 0.05) is 18.8 Å². The van der Waals surface area contributed by atoms with Gasteiger partial charge in [0.1, 0.15) is 0 Å². The Kier molecular flexibility index (Phi) is 3.75. The molecule has 5 nitrogen and oxygen atoms in total. The maximum atomic E-state index is 11.7. The first-order chi connectivity index (χ1) is 7.18. The van der Waals surface area contributed by atoms with E-state index in [2.05, 4.69) is 5.10 Å². The van der Waals surface area contributed by atoms with Crippen molar-refractivity contribution in [2.75, 3.05) is 11.5 Å². The fourth-order valence-corrected chi connectivity index (χ4v) is 3.34. The summed E-state index contributed by atoms with van der Waals surface area (Å²) in [5, 5.41) is 3.99. The van der Waals surface area contributed by atoms with Crippen LogP contribution < -0.4 is 5.73 Å². The lowest BCUT2D eigenvalue weighted by Crippen LogP contribution is -2.40. The highest BCUT2D eigenvalue weighted by Gasteiger charge is 2.21. The SMILES string of the molecule is Cn1cc(CCS(=O)(=O)CC(C)(C)N)cn1. The van der Waals surface area contributed by atoms with Crippen LogP contribution >= 0.6 is 0 Å². The van der Waals surface area contributed by atoms with Gasteiger partial charge in [-0.1, -0.05) is 0 Å².